The third-order valence-electron chi connectivity index (χ3n) is 24.4. The Bertz CT molecular complexity index is 3060. The molecular weight excluding hydrogens is 1010 g/mol. The minimum atomic E-state index is -0.211. The highest BCUT2D eigenvalue weighted by atomic mass is 16.5. The van der Waals surface area contributed by atoms with Gasteiger partial charge in [0.2, 0.25) is 0 Å². The van der Waals surface area contributed by atoms with E-state index in [0.29, 0.717) is 53.4 Å². The maximum absolute atomic E-state index is 13.5. The molecule has 82 heavy (non-hydrogen) atoms. The standard InChI is InChI=1S/C35H44O2.C28H38O2.C13H13NO/c1-25(36)35(23-26-10-6-4-7-11-26)21-18-32-30-15-14-28-22-29(37-24-27-12-8-5-9-13-27)16-19-33(28,2)31(30)17-20-34(32,35)3;1-19(29)28(18-20-7-5-4-6-8-20)16-13-25-23-10-9-21-17-22(30)11-14-26(21,2)24(23)12-15-27(25,28)3;1-14-10-6-5-9-13(14)15-11-12-7-3-2-4-8-12/h4-14,29-32H,15-24H2,1-3H3;4-9,22-25,30H,10-18H2,1-3H3;2-9H,11H2,1H3/t29-,30?,31?,32?,33-,34-,35-;22-,23?,24?,25?,26-,27-,28-;/m00./s1. The van der Waals surface area contributed by atoms with Crippen LogP contribution < -0.4 is 9.30 Å². The van der Waals surface area contributed by atoms with Crippen LogP contribution in [-0.2, 0) is 47.4 Å². The Labute approximate surface area is 492 Å². The molecule has 0 saturated heterocycles. The highest BCUT2D eigenvalue weighted by Gasteiger charge is 2.67. The van der Waals surface area contributed by atoms with Crippen LogP contribution in [0.5, 0.6) is 5.88 Å². The molecule has 0 bridgehead atoms. The van der Waals surface area contributed by atoms with Gasteiger partial charge in [-0.15, -0.1) is 6.07 Å². The van der Waals surface area contributed by atoms with Crippen LogP contribution >= 0.6 is 0 Å². The Morgan fingerprint density at radius 1 is 0.524 bits per heavy atom. The lowest BCUT2D eigenvalue weighted by Gasteiger charge is -2.59. The van der Waals surface area contributed by atoms with Crippen LogP contribution in [0.25, 0.3) is 0 Å². The highest BCUT2D eigenvalue weighted by Crippen LogP contribution is 2.72. The lowest BCUT2D eigenvalue weighted by atomic mass is 9.45. The zero-order chi connectivity index (χ0) is 57.3. The number of hydrogen-bond acceptors (Lipinski definition) is 5. The van der Waals surface area contributed by atoms with Crippen molar-refractivity contribution >= 4 is 11.6 Å². The zero-order valence-corrected chi connectivity index (χ0v) is 50.7. The highest BCUT2D eigenvalue weighted by molar-refractivity contribution is 5.85. The van der Waals surface area contributed by atoms with Crippen LogP contribution in [-0.4, -0.2) is 28.9 Å². The van der Waals surface area contributed by atoms with E-state index < -0.39 is 0 Å². The fraction of sp³-hybridized carbons (Fsp3) is 0.539. The molecule has 6 saturated carbocycles. The molecule has 434 valence electrons. The first-order chi connectivity index (χ1) is 39.5. The van der Waals surface area contributed by atoms with E-state index in [9.17, 15) is 14.7 Å². The molecule has 8 aliphatic carbocycles. The molecule has 6 fully saturated rings. The quantitative estimate of drug-likeness (QED) is 0.0765. The second kappa shape index (κ2) is 23.9. The van der Waals surface area contributed by atoms with E-state index in [1.54, 1.807) is 5.57 Å². The third-order valence-corrected chi connectivity index (χ3v) is 24.4. The summed E-state index contributed by atoms with van der Waals surface area (Å²) >= 11 is 0. The summed E-state index contributed by atoms with van der Waals surface area (Å²) in [6, 6.07) is 47.9. The van der Waals surface area contributed by atoms with Crippen LogP contribution in [0.4, 0.5) is 0 Å². The average Bonchev–Trinajstić information content (AvgIpc) is 1.59. The summed E-state index contributed by atoms with van der Waals surface area (Å²) < 4.78 is 13.9. The lowest BCUT2D eigenvalue weighted by molar-refractivity contribution is -0.681. The fourth-order valence-electron chi connectivity index (χ4n) is 19.7. The van der Waals surface area contributed by atoms with Gasteiger partial charge in [0.25, 0.3) is 5.88 Å². The monoisotopic (exact) mass is 1100 g/mol. The van der Waals surface area contributed by atoms with Gasteiger partial charge in [0, 0.05) is 10.8 Å². The van der Waals surface area contributed by atoms with Crippen molar-refractivity contribution in [2.24, 2.45) is 75.0 Å². The van der Waals surface area contributed by atoms with Crippen LogP contribution in [0.1, 0.15) is 167 Å². The van der Waals surface area contributed by atoms with Crippen molar-refractivity contribution < 1.29 is 28.7 Å². The van der Waals surface area contributed by atoms with Crippen LogP contribution in [0.3, 0.4) is 0 Å². The number of ether oxygens (including phenoxy) is 2. The predicted octanol–water partition coefficient (Wildman–Crippen LogP) is 16.4. The number of aliphatic hydroxyl groups is 1. The van der Waals surface area contributed by atoms with Crippen molar-refractivity contribution in [2.75, 3.05) is 0 Å². The first-order valence-corrected chi connectivity index (χ1v) is 31.9. The number of benzene rings is 4. The summed E-state index contributed by atoms with van der Waals surface area (Å²) in [5.74, 6) is 5.84. The Balaban J connectivity index is 0.000000140. The Morgan fingerprint density at radius 3 is 1.44 bits per heavy atom. The van der Waals surface area contributed by atoms with E-state index in [0.717, 1.165) is 88.5 Å². The largest absolute Gasteiger partial charge is 0.497 e. The van der Waals surface area contributed by atoms with Crippen LogP contribution in [0.2, 0.25) is 0 Å². The molecule has 4 aromatic carbocycles. The summed E-state index contributed by atoms with van der Waals surface area (Å²) in [6.07, 6.45) is 28.4. The Kier molecular flexibility index (Phi) is 17.0. The van der Waals surface area contributed by atoms with E-state index in [1.807, 2.05) is 74.0 Å². The van der Waals surface area contributed by atoms with Crippen molar-refractivity contribution in [3.63, 3.8) is 0 Å². The SMILES string of the molecule is CC(=O)[C@@]1(Cc2ccccc2)CCC2C3CC=C4C[C@@H](O)CC[C@]4(C)C3CC[C@@]21C.CC(=O)[C@@]1(Cc2ccccc2)CCC2C3CC=C4C[C@@H](OCc5ccccc5)CC[C@]4(C)C3CC[C@@]21C.C[n+]1[c-]cccc1OCc1ccccc1. The lowest BCUT2D eigenvalue weighted by Crippen LogP contribution is -2.54. The molecule has 1 heterocycles. The van der Waals surface area contributed by atoms with Gasteiger partial charge < -0.3 is 14.6 Å². The summed E-state index contributed by atoms with van der Waals surface area (Å²) in [4.78, 5) is 26.7. The average molecular weight is 1100 g/mol. The number of ketones is 2. The Hall–Kier alpha value is -5.43. The second-order valence-corrected chi connectivity index (χ2v) is 28.0. The summed E-state index contributed by atoms with van der Waals surface area (Å²) in [7, 11) is 1.92. The van der Waals surface area contributed by atoms with E-state index in [-0.39, 0.29) is 33.2 Å². The number of pyridine rings is 1. The molecule has 14 atom stereocenters. The molecule has 6 nitrogen and oxygen atoms in total. The molecule has 8 aliphatic rings. The van der Waals surface area contributed by atoms with Crippen molar-refractivity contribution in [1.82, 2.24) is 0 Å². The van der Waals surface area contributed by atoms with Gasteiger partial charge in [-0.2, -0.15) is 6.07 Å². The molecule has 1 aromatic heterocycles. The van der Waals surface area contributed by atoms with Gasteiger partial charge in [-0.25, -0.2) is 0 Å². The molecule has 0 spiro atoms. The number of aryl methyl sites for hydroxylation is 1. The van der Waals surface area contributed by atoms with Crippen LogP contribution in [0.15, 0.2) is 163 Å². The molecule has 6 unspecified atom stereocenters. The van der Waals surface area contributed by atoms with Gasteiger partial charge in [-0.05, 0) is 209 Å². The number of aromatic nitrogens is 1. The van der Waals surface area contributed by atoms with E-state index >= 15 is 0 Å². The minimum Gasteiger partial charge on any atom is -0.497 e. The van der Waals surface area contributed by atoms with Crippen LogP contribution in [0, 0.1) is 74.2 Å². The minimum absolute atomic E-state index is 0.103. The molecule has 5 aromatic rings. The third kappa shape index (κ3) is 10.8. The number of carbonyl (C=O) groups excluding carboxylic acids is 2. The van der Waals surface area contributed by atoms with Gasteiger partial charge >= 0.3 is 0 Å². The van der Waals surface area contributed by atoms with Gasteiger partial charge in [0.15, 0.2) is 0 Å². The first-order valence-electron chi connectivity index (χ1n) is 31.9. The zero-order valence-electron chi connectivity index (χ0n) is 50.7. The molecule has 1 N–H and O–H groups in total. The molecule has 0 amide bonds. The summed E-state index contributed by atoms with van der Waals surface area (Å²) in [5.41, 5.74) is 8.64. The number of Topliss-reactive ketones (excluding diaryl/α,β-unsaturated/α-hetero) is 2. The fourth-order valence-corrected chi connectivity index (χ4v) is 19.7. The number of fused-ring (bicyclic) bond motifs is 10. The smallest absolute Gasteiger partial charge is 0.257 e. The molecule has 13 rings (SSSR count). The summed E-state index contributed by atoms with van der Waals surface area (Å²) in [6.45, 7) is 15.1. The number of allylic oxidation sites excluding steroid dienone is 2. The van der Waals surface area contributed by atoms with E-state index in [1.165, 1.54) is 79.2 Å². The van der Waals surface area contributed by atoms with E-state index in [4.69, 9.17) is 9.47 Å². The number of nitrogens with zero attached hydrogens (tertiary/aromatic N) is 1. The number of aliphatic hydroxyl groups excluding tert-OH is 1. The van der Waals surface area contributed by atoms with E-state index in [2.05, 4.69) is 137 Å². The second-order valence-electron chi connectivity index (χ2n) is 28.0. The van der Waals surface area contributed by atoms with Gasteiger partial charge in [-0.3, -0.25) is 14.2 Å². The maximum Gasteiger partial charge on any atom is 0.257 e. The van der Waals surface area contributed by atoms with Crippen molar-refractivity contribution in [3.8, 4) is 5.88 Å². The number of carbonyl (C=O) groups is 2. The topological polar surface area (TPSA) is 76.7 Å². The number of hydrogen-bond donors (Lipinski definition) is 1. The van der Waals surface area contributed by atoms with Crippen molar-refractivity contribution in [1.29, 1.82) is 0 Å². The van der Waals surface area contributed by atoms with Gasteiger partial charge in [0.05, 0.1) is 18.8 Å². The molecule has 0 radical (unpaired) electrons. The first kappa shape index (κ1) is 58.3. The maximum atomic E-state index is 13.5. The van der Waals surface area contributed by atoms with Crippen molar-refractivity contribution in [2.45, 2.75) is 183 Å². The Morgan fingerprint density at radius 2 is 0.963 bits per heavy atom. The number of rotatable bonds is 12. The molecule has 0 aliphatic heterocycles. The normalized spacial score (nSPS) is 35.8. The predicted molar refractivity (Wildman–Crippen MR) is 328 cm³/mol. The molecule has 6 heteroatoms. The van der Waals surface area contributed by atoms with Gasteiger partial charge in [-0.1, -0.05) is 178 Å². The van der Waals surface area contributed by atoms with Crippen molar-refractivity contribution in [3.05, 3.63) is 191 Å². The van der Waals surface area contributed by atoms with Gasteiger partial charge in [0.1, 0.15) is 31.4 Å². The molecular formula is C76H95NO5. The summed E-state index contributed by atoms with van der Waals surface area (Å²) in [5, 5.41) is 10.2.